The predicted molar refractivity (Wildman–Crippen MR) is 81.9 cm³/mol. The quantitative estimate of drug-likeness (QED) is 0.744. The van der Waals surface area contributed by atoms with Crippen LogP contribution in [0, 0.1) is 31.1 Å². The summed E-state index contributed by atoms with van der Waals surface area (Å²) in [6.07, 6.45) is 2.16. The van der Waals surface area contributed by atoms with Crippen molar-refractivity contribution in [2.75, 3.05) is 0 Å². The molecular weight excluding hydrogens is 242 g/mol. The Morgan fingerprint density at radius 3 is 1.78 bits per heavy atom. The highest BCUT2D eigenvalue weighted by atomic mass is 32.1. The molecule has 18 heavy (non-hydrogen) atoms. The lowest BCUT2D eigenvalue weighted by Gasteiger charge is -1.92. The fourth-order valence-corrected chi connectivity index (χ4v) is 1.83. The van der Waals surface area contributed by atoms with Gasteiger partial charge in [0.05, 0.1) is 6.07 Å². The molecule has 0 radical (unpaired) electrons. The number of thiophene rings is 1. The lowest BCUT2D eigenvalue weighted by molar-refractivity contribution is -0.0979. The van der Waals surface area contributed by atoms with Gasteiger partial charge in [-0.3, -0.25) is 0 Å². The highest BCUT2D eigenvalue weighted by Gasteiger charge is 1.92. The minimum absolute atomic E-state index is 0.255. The van der Waals surface area contributed by atoms with E-state index in [1.54, 1.807) is 0 Å². The maximum Gasteiger partial charge on any atom is 0.106 e. The van der Waals surface area contributed by atoms with Crippen LogP contribution in [0.25, 0.3) is 0 Å². The first kappa shape index (κ1) is 22.1. The topological polar surface area (TPSA) is 40.9 Å². The van der Waals surface area contributed by atoms with Gasteiger partial charge in [-0.1, -0.05) is 27.2 Å². The number of nitrogens with zero attached hydrogens (tertiary/aromatic N) is 1. The third kappa shape index (κ3) is 17.3. The molecule has 0 aliphatic rings. The van der Waals surface area contributed by atoms with Gasteiger partial charge < -0.3 is 4.79 Å². The van der Waals surface area contributed by atoms with Crippen molar-refractivity contribution in [2.24, 2.45) is 5.92 Å². The number of hydrogen-bond acceptors (Lipinski definition) is 3. The van der Waals surface area contributed by atoms with Crippen LogP contribution in [0.4, 0.5) is 0 Å². The first-order chi connectivity index (χ1) is 8.60. The molecule has 2 nitrogen and oxygen atoms in total. The van der Waals surface area contributed by atoms with Crippen molar-refractivity contribution in [3.8, 4) is 6.07 Å². The third-order valence-electron chi connectivity index (χ3n) is 1.82. The zero-order chi connectivity index (χ0) is 15.0. The summed E-state index contributed by atoms with van der Waals surface area (Å²) in [5.41, 5.74) is 0. The van der Waals surface area contributed by atoms with Crippen molar-refractivity contribution >= 4 is 18.1 Å². The third-order valence-corrected chi connectivity index (χ3v) is 2.73. The Morgan fingerprint density at radius 1 is 1.28 bits per heavy atom. The molecule has 1 unspecified atom stereocenters. The number of carbonyl (C=O) groups excluding carboxylic acids is 1. The molecule has 0 amide bonds. The van der Waals surface area contributed by atoms with Gasteiger partial charge in [0, 0.05) is 15.7 Å². The van der Waals surface area contributed by atoms with E-state index in [1.807, 2.05) is 38.9 Å². The standard InChI is InChI=1S/C6H11N.C6H8S.C2H6.CH2O/c1-3-4-6(2)5-7;1-5-3-4-6(2)7-5;2*1-2/h6H,3-4H2,1-2H3;3-4H,1-2H3;1-2H3;1H2. The first-order valence-electron chi connectivity index (χ1n) is 6.31. The van der Waals surface area contributed by atoms with E-state index in [0.29, 0.717) is 0 Å². The van der Waals surface area contributed by atoms with Gasteiger partial charge >= 0.3 is 0 Å². The molecule has 1 aromatic rings. The van der Waals surface area contributed by atoms with Crippen molar-refractivity contribution in [3.63, 3.8) is 0 Å². The maximum atomic E-state index is 8.22. The smallest absolute Gasteiger partial charge is 0.106 e. The van der Waals surface area contributed by atoms with E-state index in [1.165, 1.54) is 9.75 Å². The van der Waals surface area contributed by atoms with Crippen molar-refractivity contribution in [3.05, 3.63) is 21.9 Å². The molecule has 0 aromatic carbocycles. The van der Waals surface area contributed by atoms with Crippen LogP contribution in [0.3, 0.4) is 0 Å². The summed E-state index contributed by atoms with van der Waals surface area (Å²) in [6, 6.07) is 6.44. The Balaban J connectivity index is -0.000000196. The fourth-order valence-electron chi connectivity index (χ4n) is 1.05. The average molecular weight is 269 g/mol. The van der Waals surface area contributed by atoms with E-state index in [2.05, 4.69) is 39.0 Å². The van der Waals surface area contributed by atoms with Gasteiger partial charge in [0.25, 0.3) is 0 Å². The van der Waals surface area contributed by atoms with E-state index < -0.39 is 0 Å². The van der Waals surface area contributed by atoms with Gasteiger partial charge in [0.1, 0.15) is 6.79 Å². The number of nitriles is 1. The Labute approximate surface area is 117 Å². The highest BCUT2D eigenvalue weighted by molar-refractivity contribution is 7.11. The van der Waals surface area contributed by atoms with Crippen LogP contribution in [0.15, 0.2) is 12.1 Å². The van der Waals surface area contributed by atoms with E-state index in [9.17, 15) is 0 Å². The molecule has 1 rings (SSSR count). The average Bonchev–Trinajstić information content (AvgIpc) is 2.79. The summed E-state index contributed by atoms with van der Waals surface area (Å²) in [5.74, 6) is 0.255. The van der Waals surface area contributed by atoms with Crippen LogP contribution in [0.1, 0.15) is 50.3 Å². The molecule has 104 valence electrons. The molecule has 0 fully saturated rings. The Morgan fingerprint density at radius 2 is 1.67 bits per heavy atom. The summed E-state index contributed by atoms with van der Waals surface area (Å²) in [6.45, 7) is 14.3. The fraction of sp³-hybridized carbons (Fsp3) is 0.600. The minimum Gasteiger partial charge on any atom is -0.307 e. The molecule has 1 aromatic heterocycles. The summed E-state index contributed by atoms with van der Waals surface area (Å²) in [5, 5.41) is 8.22. The first-order valence-corrected chi connectivity index (χ1v) is 7.13. The van der Waals surface area contributed by atoms with Gasteiger partial charge in [-0.05, 0) is 39.3 Å². The Hall–Kier alpha value is -1.14. The maximum absolute atomic E-state index is 8.22. The van der Waals surface area contributed by atoms with Gasteiger partial charge in [-0.2, -0.15) is 5.26 Å². The van der Waals surface area contributed by atoms with Gasteiger partial charge in [0.15, 0.2) is 0 Å². The Kier molecular flexibility index (Phi) is 22.4. The second-order valence-electron chi connectivity index (χ2n) is 3.48. The molecule has 0 bridgehead atoms. The number of hydrogen-bond donors (Lipinski definition) is 0. The highest BCUT2D eigenvalue weighted by Crippen LogP contribution is 2.12. The van der Waals surface area contributed by atoms with Crippen molar-refractivity contribution in [2.45, 2.75) is 54.4 Å². The molecule has 0 aliphatic carbocycles. The lowest BCUT2D eigenvalue weighted by Crippen LogP contribution is -1.85. The zero-order valence-electron chi connectivity index (χ0n) is 12.6. The Bertz CT molecular complexity index is 285. The second-order valence-corrected chi connectivity index (χ2v) is 4.97. The molecule has 0 N–H and O–H groups in total. The van der Waals surface area contributed by atoms with E-state index in [0.717, 1.165) is 12.8 Å². The largest absolute Gasteiger partial charge is 0.307 e. The number of rotatable bonds is 2. The van der Waals surface area contributed by atoms with Crippen LogP contribution >= 0.6 is 11.3 Å². The van der Waals surface area contributed by atoms with Crippen molar-refractivity contribution in [1.82, 2.24) is 0 Å². The van der Waals surface area contributed by atoms with E-state index >= 15 is 0 Å². The van der Waals surface area contributed by atoms with Gasteiger partial charge in [-0.25, -0.2) is 0 Å². The number of aryl methyl sites for hydroxylation is 2. The van der Waals surface area contributed by atoms with Crippen molar-refractivity contribution in [1.29, 1.82) is 5.26 Å². The summed E-state index contributed by atoms with van der Waals surface area (Å²) >= 11 is 1.84. The molecule has 1 heterocycles. The second kappa shape index (κ2) is 18.2. The normalized spacial score (nSPS) is 9.17. The predicted octanol–water partition coefficient (Wildman–Crippen LogP) is 5.15. The van der Waals surface area contributed by atoms with Crippen molar-refractivity contribution < 1.29 is 4.79 Å². The monoisotopic (exact) mass is 269 g/mol. The molecule has 3 heteroatoms. The zero-order valence-corrected chi connectivity index (χ0v) is 13.4. The molecule has 0 saturated carbocycles. The van der Waals surface area contributed by atoms with Crippen LogP contribution in [-0.4, -0.2) is 6.79 Å². The summed E-state index contributed by atoms with van der Waals surface area (Å²) in [7, 11) is 0. The SMILES string of the molecule is C=O.CC.CCCC(C)C#N.Cc1ccc(C)s1. The molecule has 0 aliphatic heterocycles. The molecular formula is C15H27NOS. The van der Waals surface area contributed by atoms with Gasteiger partial charge in [-0.15, -0.1) is 11.3 Å². The van der Waals surface area contributed by atoms with Gasteiger partial charge in [0.2, 0.25) is 0 Å². The molecule has 0 spiro atoms. The van der Waals surface area contributed by atoms with Crippen LogP contribution in [0.2, 0.25) is 0 Å². The minimum atomic E-state index is 0.255. The summed E-state index contributed by atoms with van der Waals surface area (Å²) in [4.78, 5) is 10.8. The van der Waals surface area contributed by atoms with Crippen LogP contribution in [0.5, 0.6) is 0 Å². The summed E-state index contributed by atoms with van der Waals surface area (Å²) < 4.78 is 0. The van der Waals surface area contributed by atoms with E-state index in [4.69, 9.17) is 10.1 Å². The number of carbonyl (C=O) groups is 1. The lowest BCUT2D eigenvalue weighted by atomic mass is 10.1. The molecule has 1 atom stereocenters. The molecule has 0 saturated heterocycles. The van der Waals surface area contributed by atoms with E-state index in [-0.39, 0.29) is 5.92 Å². The van der Waals surface area contributed by atoms with Crippen LogP contribution < -0.4 is 0 Å². The van der Waals surface area contributed by atoms with Crippen LogP contribution in [-0.2, 0) is 4.79 Å².